The average molecular weight is 261 g/mol. The molecule has 0 aliphatic carbocycles. The number of hydrogen-bond acceptors (Lipinski definition) is 2. The average Bonchev–Trinajstić information content (AvgIpc) is 2.38. The van der Waals surface area contributed by atoms with Crippen molar-refractivity contribution in [2.45, 2.75) is 52.7 Å². The van der Waals surface area contributed by atoms with E-state index >= 15 is 0 Å². The molecule has 0 spiro atoms. The van der Waals surface area contributed by atoms with Crippen molar-refractivity contribution < 1.29 is 5.11 Å². The van der Waals surface area contributed by atoms with Gasteiger partial charge in [-0.2, -0.15) is 0 Å². The number of likely N-dealkylation sites (tertiary alicyclic amines) is 1. The Morgan fingerprint density at radius 3 is 2.68 bits per heavy atom. The molecular formula is C17H27NO. The molecule has 0 radical (unpaired) electrons. The number of aliphatic hydroxyl groups is 1. The molecule has 0 saturated carbocycles. The van der Waals surface area contributed by atoms with Gasteiger partial charge < -0.3 is 5.11 Å². The lowest BCUT2D eigenvalue weighted by molar-refractivity contribution is 0.0512. The monoisotopic (exact) mass is 261 g/mol. The van der Waals surface area contributed by atoms with E-state index in [-0.39, 0.29) is 6.10 Å². The second kappa shape index (κ2) is 6.06. The Balaban J connectivity index is 2.03. The van der Waals surface area contributed by atoms with Crippen molar-refractivity contribution in [1.82, 2.24) is 4.90 Å². The Morgan fingerprint density at radius 1 is 1.26 bits per heavy atom. The third-order valence-electron chi connectivity index (χ3n) is 4.83. The fraction of sp³-hybridized carbons (Fsp3) is 0.647. The zero-order chi connectivity index (χ0) is 14.0. The zero-order valence-electron chi connectivity index (χ0n) is 12.7. The van der Waals surface area contributed by atoms with Crippen LogP contribution in [0.1, 0.15) is 49.5 Å². The minimum absolute atomic E-state index is 0.368. The SMILES string of the molecule is Cc1ccc(C(O)CN2CCCC(C)C2C)cc1C. The van der Waals surface area contributed by atoms with Crippen LogP contribution in [-0.4, -0.2) is 29.1 Å². The van der Waals surface area contributed by atoms with Crippen LogP contribution in [-0.2, 0) is 0 Å². The minimum Gasteiger partial charge on any atom is -0.387 e. The predicted molar refractivity (Wildman–Crippen MR) is 80.3 cm³/mol. The van der Waals surface area contributed by atoms with Gasteiger partial charge in [-0.05, 0) is 62.8 Å². The molecule has 2 nitrogen and oxygen atoms in total. The van der Waals surface area contributed by atoms with Crippen LogP contribution >= 0.6 is 0 Å². The van der Waals surface area contributed by atoms with Gasteiger partial charge in [0.1, 0.15) is 0 Å². The van der Waals surface area contributed by atoms with Crippen molar-refractivity contribution in [1.29, 1.82) is 0 Å². The second-order valence-corrected chi connectivity index (χ2v) is 6.21. The van der Waals surface area contributed by atoms with Gasteiger partial charge in [-0.3, -0.25) is 4.90 Å². The number of hydrogen-bond donors (Lipinski definition) is 1. The van der Waals surface area contributed by atoms with Crippen LogP contribution in [0.3, 0.4) is 0 Å². The van der Waals surface area contributed by atoms with E-state index < -0.39 is 0 Å². The van der Waals surface area contributed by atoms with Gasteiger partial charge in [0, 0.05) is 12.6 Å². The molecule has 3 unspecified atom stereocenters. The van der Waals surface area contributed by atoms with E-state index in [9.17, 15) is 5.11 Å². The second-order valence-electron chi connectivity index (χ2n) is 6.21. The molecule has 0 amide bonds. The molecule has 1 aliphatic heterocycles. The topological polar surface area (TPSA) is 23.5 Å². The number of aliphatic hydroxyl groups excluding tert-OH is 1. The normalized spacial score (nSPS) is 26.4. The van der Waals surface area contributed by atoms with E-state index in [2.05, 4.69) is 50.8 Å². The fourth-order valence-electron chi connectivity index (χ4n) is 2.98. The van der Waals surface area contributed by atoms with Crippen molar-refractivity contribution in [3.05, 3.63) is 34.9 Å². The molecule has 1 heterocycles. The highest BCUT2D eigenvalue weighted by molar-refractivity contribution is 5.31. The van der Waals surface area contributed by atoms with Crippen molar-refractivity contribution in [3.8, 4) is 0 Å². The first-order valence-corrected chi connectivity index (χ1v) is 7.48. The summed E-state index contributed by atoms with van der Waals surface area (Å²) in [4.78, 5) is 2.44. The lowest BCUT2D eigenvalue weighted by Crippen LogP contribution is -2.44. The molecule has 0 aromatic heterocycles. The van der Waals surface area contributed by atoms with Gasteiger partial charge in [-0.1, -0.05) is 25.1 Å². The summed E-state index contributed by atoms with van der Waals surface area (Å²) in [7, 11) is 0. The van der Waals surface area contributed by atoms with Crippen molar-refractivity contribution in [3.63, 3.8) is 0 Å². The first kappa shape index (κ1) is 14.5. The molecule has 1 aromatic carbocycles. The molecule has 106 valence electrons. The summed E-state index contributed by atoms with van der Waals surface area (Å²) >= 11 is 0. The van der Waals surface area contributed by atoms with Gasteiger partial charge in [-0.25, -0.2) is 0 Å². The highest BCUT2D eigenvalue weighted by Crippen LogP contribution is 2.26. The largest absolute Gasteiger partial charge is 0.387 e. The molecule has 2 rings (SSSR count). The van der Waals surface area contributed by atoms with Gasteiger partial charge in [0.05, 0.1) is 6.10 Å². The first-order valence-electron chi connectivity index (χ1n) is 7.48. The molecule has 1 aliphatic rings. The highest BCUT2D eigenvalue weighted by Gasteiger charge is 2.26. The number of piperidine rings is 1. The number of benzene rings is 1. The molecule has 1 saturated heterocycles. The van der Waals surface area contributed by atoms with Crippen LogP contribution < -0.4 is 0 Å². The Kier molecular flexibility index (Phi) is 4.64. The Bertz CT molecular complexity index is 429. The smallest absolute Gasteiger partial charge is 0.0917 e. The van der Waals surface area contributed by atoms with E-state index in [1.165, 1.54) is 24.0 Å². The van der Waals surface area contributed by atoms with Crippen LogP contribution in [0.15, 0.2) is 18.2 Å². The standard InChI is InChI=1S/C17H27NO/c1-12-7-8-16(10-14(12)3)17(19)11-18-9-5-6-13(2)15(18)4/h7-8,10,13,15,17,19H,5-6,9,11H2,1-4H3. The molecule has 19 heavy (non-hydrogen) atoms. The quantitative estimate of drug-likeness (QED) is 0.900. The highest BCUT2D eigenvalue weighted by atomic mass is 16.3. The number of rotatable bonds is 3. The van der Waals surface area contributed by atoms with Crippen LogP contribution in [0, 0.1) is 19.8 Å². The summed E-state index contributed by atoms with van der Waals surface area (Å²) in [5.41, 5.74) is 3.60. The summed E-state index contributed by atoms with van der Waals surface area (Å²) in [6.45, 7) is 10.7. The summed E-state index contributed by atoms with van der Waals surface area (Å²) in [5, 5.41) is 10.5. The third kappa shape index (κ3) is 3.37. The van der Waals surface area contributed by atoms with Gasteiger partial charge >= 0.3 is 0 Å². The van der Waals surface area contributed by atoms with Crippen molar-refractivity contribution in [2.75, 3.05) is 13.1 Å². The molecule has 2 heteroatoms. The van der Waals surface area contributed by atoms with Gasteiger partial charge in [0.15, 0.2) is 0 Å². The first-order chi connectivity index (χ1) is 8.99. The van der Waals surface area contributed by atoms with E-state index in [1.807, 2.05) is 0 Å². The number of nitrogens with zero attached hydrogens (tertiary/aromatic N) is 1. The van der Waals surface area contributed by atoms with Crippen molar-refractivity contribution in [2.24, 2.45) is 5.92 Å². The molecular weight excluding hydrogens is 234 g/mol. The lowest BCUT2D eigenvalue weighted by atomic mass is 9.91. The zero-order valence-corrected chi connectivity index (χ0v) is 12.7. The van der Waals surface area contributed by atoms with E-state index in [0.29, 0.717) is 6.04 Å². The van der Waals surface area contributed by atoms with Gasteiger partial charge in [0.2, 0.25) is 0 Å². The minimum atomic E-state index is -0.368. The maximum Gasteiger partial charge on any atom is 0.0917 e. The molecule has 1 N–H and O–H groups in total. The van der Waals surface area contributed by atoms with Crippen LogP contribution in [0.2, 0.25) is 0 Å². The summed E-state index contributed by atoms with van der Waals surface area (Å²) in [6, 6.07) is 6.87. The van der Waals surface area contributed by atoms with E-state index in [4.69, 9.17) is 0 Å². The third-order valence-corrected chi connectivity index (χ3v) is 4.83. The predicted octanol–water partition coefficient (Wildman–Crippen LogP) is 3.46. The lowest BCUT2D eigenvalue weighted by Gasteiger charge is -2.39. The van der Waals surface area contributed by atoms with Crippen molar-refractivity contribution >= 4 is 0 Å². The Morgan fingerprint density at radius 2 is 2.00 bits per heavy atom. The Hall–Kier alpha value is -0.860. The number of aryl methyl sites for hydroxylation is 2. The molecule has 1 fully saturated rings. The van der Waals surface area contributed by atoms with E-state index in [1.54, 1.807) is 0 Å². The van der Waals surface area contributed by atoms with Crippen LogP contribution in [0.25, 0.3) is 0 Å². The maximum absolute atomic E-state index is 10.5. The fourth-order valence-corrected chi connectivity index (χ4v) is 2.98. The van der Waals surface area contributed by atoms with E-state index in [0.717, 1.165) is 24.6 Å². The van der Waals surface area contributed by atoms with Crippen LogP contribution in [0.4, 0.5) is 0 Å². The van der Waals surface area contributed by atoms with Crippen LogP contribution in [0.5, 0.6) is 0 Å². The molecule has 1 aromatic rings. The molecule has 3 atom stereocenters. The summed E-state index contributed by atoms with van der Waals surface area (Å²) in [5.74, 6) is 0.737. The summed E-state index contributed by atoms with van der Waals surface area (Å²) < 4.78 is 0. The van der Waals surface area contributed by atoms with Gasteiger partial charge in [0.25, 0.3) is 0 Å². The molecule has 0 bridgehead atoms. The number of β-amino-alcohol motifs (C(OH)–C–C–N with tert-alkyl or cyclic N) is 1. The summed E-state index contributed by atoms with van der Waals surface area (Å²) in [6.07, 6.45) is 2.20. The maximum atomic E-state index is 10.5. The van der Waals surface area contributed by atoms with Gasteiger partial charge in [-0.15, -0.1) is 0 Å². The Labute approximate surface area is 117 Å².